The lowest BCUT2D eigenvalue weighted by molar-refractivity contribution is -0.117. The van der Waals surface area contributed by atoms with Crippen molar-refractivity contribution >= 4 is 17.7 Å². The van der Waals surface area contributed by atoms with Crippen LogP contribution in [0.1, 0.15) is 5.56 Å². The molecule has 4 N–H and O–H groups in total. The minimum absolute atomic E-state index is 0.244. The van der Waals surface area contributed by atoms with Gasteiger partial charge in [0.2, 0.25) is 0 Å². The first-order chi connectivity index (χ1) is 6.81. The molecule has 0 atom stereocenters. The highest BCUT2D eigenvalue weighted by atomic mass is 16.2. The number of fused-ring (bicyclic) bond motifs is 1. The van der Waals surface area contributed by atoms with Crippen molar-refractivity contribution in [1.29, 1.82) is 0 Å². The fourth-order valence-electron chi connectivity index (χ4n) is 1.45. The van der Waals surface area contributed by atoms with Gasteiger partial charge in [0.15, 0.2) is 0 Å². The number of carbonyl (C=O) groups excluding carboxylic acids is 1. The highest BCUT2D eigenvalue weighted by molar-refractivity contribution is 6.00. The molecule has 0 bridgehead atoms. The summed E-state index contributed by atoms with van der Waals surface area (Å²) in [6.45, 7) is 0.514. The zero-order chi connectivity index (χ0) is 9.97. The Balaban J connectivity index is 2.36. The molecule has 4 nitrogen and oxygen atoms in total. The number of anilines is 1. The Labute approximate surface area is 81.8 Å². The van der Waals surface area contributed by atoms with Gasteiger partial charge in [0, 0.05) is 17.8 Å². The Kier molecular flexibility index (Phi) is 2.20. The second-order valence-electron chi connectivity index (χ2n) is 3.08. The molecule has 1 amide bonds. The number of benzene rings is 1. The van der Waals surface area contributed by atoms with E-state index in [1.54, 1.807) is 0 Å². The molecule has 1 aromatic rings. The normalized spacial score (nSPS) is 13.6. The standard InChI is InChI=1S/C10H11N3O/c11-13-10(14)8-5-7-3-1-2-4-9(7)12-6-8/h1-5,12H,6,11H2,(H,13,14). The summed E-state index contributed by atoms with van der Waals surface area (Å²) in [6, 6.07) is 7.81. The number of nitrogens with one attached hydrogen (secondary N) is 2. The fraction of sp³-hybridized carbons (Fsp3) is 0.100. The van der Waals surface area contributed by atoms with Crippen LogP contribution in [0, 0.1) is 0 Å². The third-order valence-electron chi connectivity index (χ3n) is 2.18. The van der Waals surface area contributed by atoms with Gasteiger partial charge >= 0.3 is 0 Å². The lowest BCUT2D eigenvalue weighted by atomic mass is 10.0. The smallest absolute Gasteiger partial charge is 0.262 e. The second-order valence-corrected chi connectivity index (χ2v) is 3.08. The molecule has 72 valence electrons. The first kappa shape index (κ1) is 8.77. The van der Waals surface area contributed by atoms with E-state index in [-0.39, 0.29) is 5.91 Å². The van der Waals surface area contributed by atoms with Gasteiger partial charge < -0.3 is 5.32 Å². The average molecular weight is 189 g/mol. The largest absolute Gasteiger partial charge is 0.380 e. The fourth-order valence-corrected chi connectivity index (χ4v) is 1.45. The SMILES string of the molecule is NNC(=O)C1=Cc2ccccc2NC1. The van der Waals surface area contributed by atoms with Gasteiger partial charge in [-0.25, -0.2) is 5.84 Å². The molecular weight excluding hydrogens is 178 g/mol. The number of nitrogens with two attached hydrogens (primary N) is 1. The molecule has 0 saturated heterocycles. The van der Waals surface area contributed by atoms with Crippen LogP contribution in [0.4, 0.5) is 5.69 Å². The molecule has 0 aromatic heterocycles. The van der Waals surface area contributed by atoms with E-state index in [1.165, 1.54) is 0 Å². The number of amides is 1. The Bertz CT molecular complexity index is 398. The lowest BCUT2D eigenvalue weighted by Crippen LogP contribution is -2.34. The molecule has 1 aromatic carbocycles. The van der Waals surface area contributed by atoms with Crippen molar-refractivity contribution in [2.75, 3.05) is 11.9 Å². The summed E-state index contributed by atoms with van der Waals surface area (Å²) in [5.41, 5.74) is 4.82. The zero-order valence-electron chi connectivity index (χ0n) is 7.58. The van der Waals surface area contributed by atoms with Crippen molar-refractivity contribution in [1.82, 2.24) is 5.43 Å². The molecule has 1 aliphatic rings. The van der Waals surface area contributed by atoms with Crippen molar-refractivity contribution in [2.24, 2.45) is 5.84 Å². The Morgan fingerprint density at radius 3 is 3.00 bits per heavy atom. The summed E-state index contributed by atoms with van der Waals surface area (Å²) < 4.78 is 0. The molecule has 14 heavy (non-hydrogen) atoms. The van der Waals surface area contributed by atoms with Crippen LogP contribution < -0.4 is 16.6 Å². The number of hydrogen-bond acceptors (Lipinski definition) is 3. The third kappa shape index (κ3) is 1.47. The number of hydrogen-bond donors (Lipinski definition) is 3. The first-order valence-corrected chi connectivity index (χ1v) is 4.35. The van der Waals surface area contributed by atoms with E-state index in [9.17, 15) is 4.79 Å². The van der Waals surface area contributed by atoms with E-state index in [2.05, 4.69) is 10.7 Å². The van der Waals surface area contributed by atoms with E-state index < -0.39 is 0 Å². The minimum atomic E-state index is -0.244. The molecule has 0 unspecified atom stereocenters. The van der Waals surface area contributed by atoms with Crippen molar-refractivity contribution in [3.05, 3.63) is 35.4 Å². The van der Waals surface area contributed by atoms with Gasteiger partial charge in [-0.15, -0.1) is 0 Å². The summed E-state index contributed by atoms with van der Waals surface area (Å²) >= 11 is 0. The summed E-state index contributed by atoms with van der Waals surface area (Å²) in [7, 11) is 0. The highest BCUT2D eigenvalue weighted by Crippen LogP contribution is 2.22. The maximum Gasteiger partial charge on any atom is 0.262 e. The minimum Gasteiger partial charge on any atom is -0.380 e. The van der Waals surface area contributed by atoms with Gasteiger partial charge in [0.1, 0.15) is 0 Å². The van der Waals surface area contributed by atoms with E-state index in [1.807, 2.05) is 30.3 Å². The number of carbonyl (C=O) groups is 1. The quantitative estimate of drug-likeness (QED) is 0.342. The molecule has 0 radical (unpaired) electrons. The van der Waals surface area contributed by atoms with Crippen LogP contribution in [0.25, 0.3) is 6.08 Å². The van der Waals surface area contributed by atoms with Crippen molar-refractivity contribution in [3.8, 4) is 0 Å². The molecule has 1 heterocycles. The lowest BCUT2D eigenvalue weighted by Gasteiger charge is -2.17. The Morgan fingerprint density at radius 2 is 2.21 bits per heavy atom. The molecule has 1 aliphatic heterocycles. The van der Waals surface area contributed by atoms with Gasteiger partial charge in [-0.3, -0.25) is 10.2 Å². The maximum absolute atomic E-state index is 11.2. The van der Waals surface area contributed by atoms with Gasteiger partial charge in [-0.2, -0.15) is 0 Å². The summed E-state index contributed by atoms with van der Waals surface area (Å²) in [5.74, 6) is 4.81. The molecule has 0 fully saturated rings. The zero-order valence-corrected chi connectivity index (χ0v) is 7.58. The van der Waals surface area contributed by atoms with Crippen LogP contribution in [0.2, 0.25) is 0 Å². The molecule has 2 rings (SSSR count). The monoisotopic (exact) mass is 189 g/mol. The number of hydrazine groups is 1. The van der Waals surface area contributed by atoms with Crippen molar-refractivity contribution in [2.45, 2.75) is 0 Å². The molecule has 0 spiro atoms. The van der Waals surface area contributed by atoms with E-state index in [0.717, 1.165) is 11.3 Å². The predicted octanol–water partition coefficient (Wildman–Crippen LogP) is 0.485. The third-order valence-corrected chi connectivity index (χ3v) is 2.18. The number of rotatable bonds is 1. The van der Waals surface area contributed by atoms with Crippen molar-refractivity contribution < 1.29 is 4.79 Å². The molecule has 0 saturated carbocycles. The summed E-state index contributed by atoms with van der Waals surface area (Å²) in [5, 5.41) is 3.14. The average Bonchev–Trinajstić information content (AvgIpc) is 2.27. The van der Waals surface area contributed by atoms with Crippen LogP contribution in [-0.4, -0.2) is 12.5 Å². The predicted molar refractivity (Wildman–Crippen MR) is 55.2 cm³/mol. The molecule has 4 heteroatoms. The van der Waals surface area contributed by atoms with Crippen LogP contribution in [0.5, 0.6) is 0 Å². The maximum atomic E-state index is 11.2. The Hall–Kier alpha value is -1.81. The summed E-state index contributed by atoms with van der Waals surface area (Å²) in [6.07, 6.45) is 1.84. The first-order valence-electron chi connectivity index (χ1n) is 4.35. The summed E-state index contributed by atoms with van der Waals surface area (Å²) in [4.78, 5) is 11.2. The van der Waals surface area contributed by atoms with Gasteiger partial charge in [0.05, 0.1) is 0 Å². The Morgan fingerprint density at radius 1 is 1.43 bits per heavy atom. The van der Waals surface area contributed by atoms with Crippen LogP contribution >= 0.6 is 0 Å². The van der Waals surface area contributed by atoms with Crippen LogP contribution in [0.3, 0.4) is 0 Å². The van der Waals surface area contributed by atoms with Crippen LogP contribution in [0.15, 0.2) is 29.8 Å². The van der Waals surface area contributed by atoms with E-state index >= 15 is 0 Å². The van der Waals surface area contributed by atoms with Gasteiger partial charge in [0.25, 0.3) is 5.91 Å². The van der Waals surface area contributed by atoms with Gasteiger partial charge in [-0.05, 0) is 17.7 Å². The van der Waals surface area contributed by atoms with Gasteiger partial charge in [-0.1, -0.05) is 18.2 Å². The molecule has 0 aliphatic carbocycles. The highest BCUT2D eigenvalue weighted by Gasteiger charge is 2.13. The van der Waals surface area contributed by atoms with E-state index in [4.69, 9.17) is 5.84 Å². The second kappa shape index (κ2) is 3.51. The van der Waals surface area contributed by atoms with Crippen molar-refractivity contribution in [3.63, 3.8) is 0 Å². The van der Waals surface area contributed by atoms with E-state index in [0.29, 0.717) is 12.1 Å². The topological polar surface area (TPSA) is 67.1 Å². The van der Waals surface area contributed by atoms with Crippen LogP contribution in [-0.2, 0) is 4.79 Å². The molecular formula is C10H11N3O. The number of para-hydroxylation sites is 1.